The molecule has 3 aromatic carbocycles. The van der Waals surface area contributed by atoms with E-state index in [1.54, 1.807) is 48.5 Å². The van der Waals surface area contributed by atoms with E-state index >= 15 is 0 Å². The van der Waals surface area contributed by atoms with Gasteiger partial charge in [0.15, 0.2) is 0 Å². The number of amides is 2. The first kappa shape index (κ1) is 23.4. The van der Waals surface area contributed by atoms with Gasteiger partial charge < -0.3 is 0 Å². The molecule has 0 saturated heterocycles. The molecule has 0 saturated carbocycles. The number of carbonyl (C=O) groups excluding carboxylic acids is 2. The minimum absolute atomic E-state index is 0.0309. The van der Waals surface area contributed by atoms with E-state index in [1.165, 1.54) is 6.07 Å². The Morgan fingerprint density at radius 1 is 0.886 bits per heavy atom. The second-order valence-corrected chi connectivity index (χ2v) is 8.97. The Balaban J connectivity index is 1.42. The van der Waals surface area contributed by atoms with Crippen molar-refractivity contribution in [1.82, 2.24) is 10.4 Å². The number of fused-ring (bicyclic) bond motifs is 1. The van der Waals surface area contributed by atoms with Gasteiger partial charge in [-0.05, 0) is 47.5 Å². The molecule has 5 rings (SSSR count). The predicted molar refractivity (Wildman–Crippen MR) is 123 cm³/mol. The van der Waals surface area contributed by atoms with Crippen LogP contribution in [0.1, 0.15) is 37.4 Å². The van der Waals surface area contributed by atoms with Gasteiger partial charge in [0.2, 0.25) is 5.60 Å². The van der Waals surface area contributed by atoms with Crippen molar-refractivity contribution in [2.45, 2.75) is 18.3 Å². The summed E-state index contributed by atoms with van der Waals surface area (Å²) in [6, 6.07) is 16.6. The lowest BCUT2D eigenvalue weighted by Crippen LogP contribution is -2.42. The van der Waals surface area contributed by atoms with Crippen LogP contribution in [0.2, 0.25) is 10.0 Å². The SMILES string of the molecule is O=C1c2ccccc2C(=O)N1Cc1ccc(C2=CC(c3cc(Cl)cc(Cl)c3)(C(F)(F)F)ON2)cc1. The normalized spacial score (nSPS) is 19.6. The molecule has 5 nitrogen and oxygen atoms in total. The minimum Gasteiger partial charge on any atom is -0.270 e. The lowest BCUT2D eigenvalue weighted by atomic mass is 9.91. The number of benzene rings is 3. The topological polar surface area (TPSA) is 58.6 Å². The Bertz CT molecular complexity index is 1330. The fourth-order valence-electron chi connectivity index (χ4n) is 4.11. The molecule has 1 unspecified atom stereocenters. The van der Waals surface area contributed by atoms with Crippen LogP contribution in [-0.4, -0.2) is 22.9 Å². The van der Waals surface area contributed by atoms with Crippen molar-refractivity contribution in [2.24, 2.45) is 0 Å². The van der Waals surface area contributed by atoms with Crippen LogP contribution in [0.4, 0.5) is 13.2 Å². The summed E-state index contributed by atoms with van der Waals surface area (Å²) in [5, 5.41) is 0.0816. The third kappa shape index (κ3) is 3.97. The van der Waals surface area contributed by atoms with Crippen molar-refractivity contribution >= 4 is 40.7 Å². The first-order valence-electron chi connectivity index (χ1n) is 10.3. The van der Waals surface area contributed by atoms with E-state index in [9.17, 15) is 22.8 Å². The summed E-state index contributed by atoms with van der Waals surface area (Å²) in [6.07, 6.45) is -3.89. The highest BCUT2D eigenvalue weighted by Gasteiger charge is 2.59. The third-order valence-electron chi connectivity index (χ3n) is 5.87. The van der Waals surface area contributed by atoms with E-state index in [0.29, 0.717) is 22.3 Å². The number of hydrogen-bond acceptors (Lipinski definition) is 4. The summed E-state index contributed by atoms with van der Waals surface area (Å²) in [5.74, 6) is -0.781. The fraction of sp³-hybridized carbons (Fsp3) is 0.120. The molecular weight excluding hydrogens is 504 g/mol. The first-order chi connectivity index (χ1) is 16.6. The Labute approximate surface area is 207 Å². The van der Waals surface area contributed by atoms with Gasteiger partial charge in [0, 0.05) is 15.6 Å². The summed E-state index contributed by atoms with van der Waals surface area (Å²) in [6.45, 7) is 0.0309. The van der Waals surface area contributed by atoms with Crippen molar-refractivity contribution in [1.29, 1.82) is 0 Å². The summed E-state index contributed by atoms with van der Waals surface area (Å²) in [5.41, 5.74) is 1.12. The van der Waals surface area contributed by atoms with E-state index < -0.39 is 23.6 Å². The molecule has 0 aromatic heterocycles. The molecule has 2 aliphatic rings. The van der Waals surface area contributed by atoms with Crippen molar-refractivity contribution in [3.63, 3.8) is 0 Å². The zero-order chi connectivity index (χ0) is 25.0. The highest BCUT2D eigenvalue weighted by Crippen LogP contribution is 2.48. The van der Waals surface area contributed by atoms with E-state index in [-0.39, 0.29) is 27.9 Å². The lowest BCUT2D eigenvalue weighted by Gasteiger charge is -2.28. The standard InChI is InChI=1S/C25H15Cl2F3N2O3/c26-17-9-16(10-18(27)11-17)24(25(28,29)30)12-21(31-35-24)15-7-5-14(6-8-15)13-32-22(33)19-3-1-2-4-20(19)23(32)34/h1-12,31H,13H2. The predicted octanol–water partition coefficient (Wildman–Crippen LogP) is 6.12. The summed E-state index contributed by atoms with van der Waals surface area (Å²) in [4.78, 5) is 31.4. The number of nitrogens with one attached hydrogen (secondary N) is 1. The minimum atomic E-state index is -4.82. The van der Waals surface area contributed by atoms with Crippen molar-refractivity contribution in [3.05, 3.63) is 111 Å². The monoisotopic (exact) mass is 518 g/mol. The maximum atomic E-state index is 14.2. The summed E-state index contributed by atoms with van der Waals surface area (Å²) < 4.78 is 42.5. The van der Waals surface area contributed by atoms with E-state index in [1.807, 2.05) is 0 Å². The highest BCUT2D eigenvalue weighted by molar-refractivity contribution is 6.34. The number of halogens is 5. The maximum Gasteiger partial charge on any atom is 0.428 e. The third-order valence-corrected chi connectivity index (χ3v) is 6.30. The average molecular weight is 519 g/mol. The summed E-state index contributed by atoms with van der Waals surface area (Å²) in [7, 11) is 0. The molecule has 2 amide bonds. The van der Waals surface area contributed by atoms with E-state index in [0.717, 1.165) is 23.1 Å². The Morgan fingerprint density at radius 2 is 1.46 bits per heavy atom. The quantitative estimate of drug-likeness (QED) is 0.422. The molecule has 0 spiro atoms. The van der Waals surface area contributed by atoms with Crippen LogP contribution in [-0.2, 0) is 17.0 Å². The first-order valence-corrected chi connectivity index (χ1v) is 11.1. The summed E-state index contributed by atoms with van der Waals surface area (Å²) >= 11 is 11.9. The van der Waals surface area contributed by atoms with Crippen molar-refractivity contribution < 1.29 is 27.6 Å². The molecule has 1 N–H and O–H groups in total. The molecule has 178 valence electrons. The average Bonchev–Trinajstić information content (AvgIpc) is 3.37. The number of hydroxylamine groups is 1. The van der Waals surface area contributed by atoms with Gasteiger partial charge in [-0.1, -0.05) is 59.6 Å². The number of hydrogen-bond donors (Lipinski definition) is 1. The van der Waals surface area contributed by atoms with Crippen molar-refractivity contribution in [3.8, 4) is 0 Å². The van der Waals surface area contributed by atoms with Crippen LogP contribution in [0.3, 0.4) is 0 Å². The van der Waals surface area contributed by atoms with E-state index in [4.69, 9.17) is 28.0 Å². The molecule has 0 radical (unpaired) electrons. The van der Waals surface area contributed by atoms with Crippen LogP contribution in [0.25, 0.3) is 5.70 Å². The second kappa shape index (κ2) is 8.41. The number of nitrogens with zero attached hydrogens (tertiary/aromatic N) is 1. The van der Waals surface area contributed by atoms with Gasteiger partial charge in [-0.25, -0.2) is 0 Å². The molecule has 0 bridgehead atoms. The molecule has 35 heavy (non-hydrogen) atoms. The Morgan fingerprint density at radius 3 is 2.00 bits per heavy atom. The largest absolute Gasteiger partial charge is 0.428 e. The molecule has 0 aliphatic carbocycles. The Kier molecular flexibility index (Phi) is 5.62. The molecule has 1 atom stereocenters. The molecular formula is C25H15Cl2F3N2O3. The van der Waals surface area contributed by atoms with Gasteiger partial charge >= 0.3 is 6.18 Å². The smallest absolute Gasteiger partial charge is 0.270 e. The second-order valence-electron chi connectivity index (χ2n) is 8.09. The highest BCUT2D eigenvalue weighted by atomic mass is 35.5. The van der Waals surface area contributed by atoms with E-state index in [2.05, 4.69) is 5.48 Å². The zero-order valence-corrected chi connectivity index (χ0v) is 19.2. The molecule has 0 fully saturated rings. The zero-order valence-electron chi connectivity index (χ0n) is 17.7. The van der Waals surface area contributed by atoms with Gasteiger partial charge in [-0.3, -0.25) is 24.8 Å². The number of imide groups is 1. The molecule has 3 aromatic rings. The van der Waals surface area contributed by atoms with Crippen LogP contribution in [0.15, 0.2) is 72.8 Å². The van der Waals surface area contributed by atoms with Crippen LogP contribution in [0.5, 0.6) is 0 Å². The lowest BCUT2D eigenvalue weighted by molar-refractivity contribution is -0.269. The van der Waals surface area contributed by atoms with Crippen LogP contribution < -0.4 is 5.48 Å². The molecule has 2 heterocycles. The van der Waals surface area contributed by atoms with Crippen LogP contribution in [0, 0.1) is 0 Å². The fourth-order valence-corrected chi connectivity index (χ4v) is 4.63. The van der Waals surface area contributed by atoms with Gasteiger partial charge in [0.1, 0.15) is 0 Å². The van der Waals surface area contributed by atoms with Gasteiger partial charge in [-0.15, -0.1) is 0 Å². The number of alkyl halides is 3. The van der Waals surface area contributed by atoms with Gasteiger partial charge in [-0.2, -0.15) is 13.2 Å². The number of rotatable bonds is 4. The Hall–Kier alpha value is -3.33. The van der Waals surface area contributed by atoms with Crippen molar-refractivity contribution in [2.75, 3.05) is 0 Å². The van der Waals surface area contributed by atoms with Crippen LogP contribution >= 0.6 is 23.2 Å². The van der Waals surface area contributed by atoms with Gasteiger partial charge in [0.05, 0.1) is 23.4 Å². The molecule has 10 heteroatoms. The number of carbonyl (C=O) groups is 2. The molecule has 2 aliphatic heterocycles. The van der Waals surface area contributed by atoms with Gasteiger partial charge in [0.25, 0.3) is 11.8 Å². The maximum absolute atomic E-state index is 14.2.